The second-order valence-electron chi connectivity index (χ2n) is 6.01. The van der Waals surface area contributed by atoms with E-state index in [9.17, 15) is 9.18 Å². The summed E-state index contributed by atoms with van der Waals surface area (Å²) in [6, 6.07) is 13.6. The monoisotopic (exact) mass is 449 g/mol. The van der Waals surface area contributed by atoms with Gasteiger partial charge in [0.05, 0.1) is 0 Å². The highest BCUT2D eigenvalue weighted by Gasteiger charge is 2.16. The quantitative estimate of drug-likeness (QED) is 0.231. The second kappa shape index (κ2) is 7.79. The Balaban J connectivity index is 1.81. The SMILES string of the molecule is Cn1c(SCc2cccc(F)c2)nc2c(sc(=S)n2-c2ccc(Cl)cc2)c1=O. The van der Waals surface area contributed by atoms with Crippen LogP contribution in [0.25, 0.3) is 16.0 Å². The summed E-state index contributed by atoms with van der Waals surface area (Å²) in [6.07, 6.45) is 0. The normalized spacial score (nSPS) is 11.2. The molecule has 0 amide bonds. The van der Waals surface area contributed by atoms with E-state index < -0.39 is 0 Å². The van der Waals surface area contributed by atoms with Crippen LogP contribution in [0.2, 0.25) is 5.02 Å². The van der Waals surface area contributed by atoms with Gasteiger partial charge in [-0.15, -0.1) is 0 Å². The number of thiazole rings is 1. The van der Waals surface area contributed by atoms with Crippen molar-refractivity contribution in [2.45, 2.75) is 10.9 Å². The van der Waals surface area contributed by atoms with Gasteiger partial charge in [0.2, 0.25) is 0 Å². The van der Waals surface area contributed by atoms with Gasteiger partial charge in [0.1, 0.15) is 10.5 Å². The van der Waals surface area contributed by atoms with Gasteiger partial charge >= 0.3 is 0 Å². The lowest BCUT2D eigenvalue weighted by Gasteiger charge is -2.09. The third-order valence-corrected chi connectivity index (χ3v) is 6.82. The fourth-order valence-electron chi connectivity index (χ4n) is 2.73. The van der Waals surface area contributed by atoms with Gasteiger partial charge in [-0.1, -0.05) is 46.8 Å². The van der Waals surface area contributed by atoms with Crippen molar-refractivity contribution >= 4 is 57.3 Å². The predicted octanol–water partition coefficient (Wildman–Crippen LogP) is 5.60. The van der Waals surface area contributed by atoms with Gasteiger partial charge in [-0.2, -0.15) is 0 Å². The van der Waals surface area contributed by atoms with Crippen LogP contribution in [0, 0.1) is 9.77 Å². The molecule has 4 aromatic rings. The number of thioether (sulfide) groups is 1. The average Bonchev–Trinajstić information content (AvgIpc) is 3.00. The summed E-state index contributed by atoms with van der Waals surface area (Å²) in [4.78, 5) is 17.5. The maximum Gasteiger partial charge on any atom is 0.273 e. The fraction of sp³-hybridized carbons (Fsp3) is 0.105. The van der Waals surface area contributed by atoms with Gasteiger partial charge in [-0.3, -0.25) is 13.9 Å². The van der Waals surface area contributed by atoms with Gasteiger partial charge in [-0.05, 0) is 54.2 Å². The van der Waals surface area contributed by atoms with Crippen molar-refractivity contribution in [2.75, 3.05) is 0 Å². The molecule has 4 nitrogen and oxygen atoms in total. The zero-order valence-electron chi connectivity index (χ0n) is 14.6. The largest absolute Gasteiger partial charge is 0.289 e. The van der Waals surface area contributed by atoms with Crippen molar-refractivity contribution in [2.24, 2.45) is 7.05 Å². The molecule has 0 N–H and O–H groups in total. The van der Waals surface area contributed by atoms with Crippen LogP contribution in [0.1, 0.15) is 5.56 Å². The molecule has 28 heavy (non-hydrogen) atoms. The van der Waals surface area contributed by atoms with Crippen molar-refractivity contribution in [3.63, 3.8) is 0 Å². The molecule has 4 rings (SSSR count). The molecule has 0 aliphatic carbocycles. The first-order valence-corrected chi connectivity index (χ1v) is 10.8. The summed E-state index contributed by atoms with van der Waals surface area (Å²) in [5.41, 5.74) is 1.97. The van der Waals surface area contributed by atoms with Crippen molar-refractivity contribution in [1.82, 2.24) is 14.1 Å². The standard InChI is InChI=1S/C19H13ClFN3OS3/c1-23-17(25)15-16(22-18(23)27-10-11-3-2-4-13(21)9-11)24(19(26)28-15)14-7-5-12(20)6-8-14/h2-9H,10H2,1H3. The van der Waals surface area contributed by atoms with E-state index >= 15 is 0 Å². The Morgan fingerprint density at radius 3 is 2.71 bits per heavy atom. The highest BCUT2D eigenvalue weighted by atomic mass is 35.5. The zero-order valence-corrected chi connectivity index (χ0v) is 17.8. The minimum Gasteiger partial charge on any atom is -0.289 e. The number of hydrogen-bond acceptors (Lipinski definition) is 5. The van der Waals surface area contributed by atoms with Gasteiger partial charge in [0.15, 0.2) is 14.8 Å². The van der Waals surface area contributed by atoms with E-state index in [0.29, 0.717) is 30.2 Å². The molecule has 2 heterocycles. The third-order valence-electron chi connectivity index (χ3n) is 4.12. The molecular formula is C19H13ClFN3OS3. The Hall–Kier alpha value is -2.00. The van der Waals surface area contributed by atoms with Crippen molar-refractivity contribution in [3.05, 3.63) is 79.2 Å². The summed E-state index contributed by atoms with van der Waals surface area (Å²) in [7, 11) is 1.68. The Labute approximate surface area is 178 Å². The summed E-state index contributed by atoms with van der Waals surface area (Å²) in [6.45, 7) is 0. The molecule has 0 fully saturated rings. The summed E-state index contributed by atoms with van der Waals surface area (Å²) in [5, 5.41) is 1.15. The van der Waals surface area contributed by atoms with Crippen LogP contribution in [0.4, 0.5) is 4.39 Å². The maximum absolute atomic E-state index is 13.4. The van der Waals surface area contributed by atoms with Crippen LogP contribution in [0.3, 0.4) is 0 Å². The summed E-state index contributed by atoms with van der Waals surface area (Å²) >= 11 is 14.1. The number of fused-ring (bicyclic) bond motifs is 1. The van der Waals surface area contributed by atoms with E-state index in [1.807, 2.05) is 18.2 Å². The van der Waals surface area contributed by atoms with E-state index in [-0.39, 0.29) is 11.4 Å². The number of aromatic nitrogens is 3. The first-order chi connectivity index (χ1) is 13.4. The average molecular weight is 450 g/mol. The molecule has 0 aliphatic heterocycles. The lowest BCUT2D eigenvalue weighted by atomic mass is 10.2. The van der Waals surface area contributed by atoms with Crippen LogP contribution in [0.5, 0.6) is 0 Å². The molecule has 0 aliphatic rings. The molecule has 0 spiro atoms. The van der Waals surface area contributed by atoms with E-state index in [0.717, 1.165) is 11.3 Å². The topological polar surface area (TPSA) is 39.8 Å². The highest BCUT2D eigenvalue weighted by molar-refractivity contribution is 7.98. The first kappa shape index (κ1) is 19.3. The van der Waals surface area contributed by atoms with Crippen LogP contribution < -0.4 is 5.56 Å². The van der Waals surface area contributed by atoms with E-state index in [2.05, 4.69) is 0 Å². The van der Waals surface area contributed by atoms with Crippen molar-refractivity contribution in [1.29, 1.82) is 0 Å². The minimum absolute atomic E-state index is 0.157. The zero-order chi connectivity index (χ0) is 19.8. The lowest BCUT2D eigenvalue weighted by Crippen LogP contribution is -2.19. The number of nitrogens with zero attached hydrogens (tertiary/aromatic N) is 3. The van der Waals surface area contributed by atoms with Crippen molar-refractivity contribution in [3.8, 4) is 5.69 Å². The number of hydrogen-bond donors (Lipinski definition) is 0. The molecule has 0 unspecified atom stereocenters. The predicted molar refractivity (Wildman–Crippen MR) is 116 cm³/mol. The molecule has 0 bridgehead atoms. The Morgan fingerprint density at radius 1 is 1.25 bits per heavy atom. The van der Waals surface area contributed by atoms with Crippen LogP contribution in [-0.4, -0.2) is 14.1 Å². The lowest BCUT2D eigenvalue weighted by molar-refractivity contribution is 0.626. The maximum atomic E-state index is 13.4. The van der Waals surface area contributed by atoms with Gasteiger partial charge in [0, 0.05) is 23.5 Å². The molecular weight excluding hydrogens is 437 g/mol. The second-order valence-corrected chi connectivity index (χ2v) is 9.03. The van der Waals surface area contributed by atoms with E-state index in [4.69, 9.17) is 28.8 Å². The van der Waals surface area contributed by atoms with Crippen molar-refractivity contribution < 1.29 is 4.39 Å². The number of halogens is 2. The van der Waals surface area contributed by atoms with Gasteiger partial charge in [-0.25, -0.2) is 9.37 Å². The first-order valence-electron chi connectivity index (χ1n) is 8.20. The smallest absolute Gasteiger partial charge is 0.273 e. The van der Waals surface area contributed by atoms with Crippen LogP contribution in [-0.2, 0) is 12.8 Å². The Kier molecular flexibility index (Phi) is 5.37. The third kappa shape index (κ3) is 3.65. The Bertz CT molecular complexity index is 1290. The van der Waals surface area contributed by atoms with Gasteiger partial charge in [0.25, 0.3) is 5.56 Å². The van der Waals surface area contributed by atoms with Gasteiger partial charge < -0.3 is 0 Å². The Morgan fingerprint density at radius 2 is 2.00 bits per heavy atom. The number of benzene rings is 2. The van der Waals surface area contributed by atoms with E-state index in [1.165, 1.54) is 39.8 Å². The molecule has 0 radical (unpaired) electrons. The molecule has 2 aromatic carbocycles. The minimum atomic E-state index is -0.287. The molecule has 0 saturated carbocycles. The fourth-order valence-corrected chi connectivity index (χ4v) is 5.11. The van der Waals surface area contributed by atoms with E-state index in [1.54, 1.807) is 29.8 Å². The molecule has 0 atom stereocenters. The molecule has 0 saturated heterocycles. The molecule has 2 aromatic heterocycles. The highest BCUT2D eigenvalue weighted by Crippen LogP contribution is 2.27. The van der Waals surface area contributed by atoms with Crippen LogP contribution in [0.15, 0.2) is 58.5 Å². The summed E-state index contributed by atoms with van der Waals surface area (Å²) in [5.74, 6) is 0.208. The molecule has 9 heteroatoms. The number of rotatable bonds is 4. The molecule has 142 valence electrons. The summed E-state index contributed by atoms with van der Waals surface area (Å²) < 4.78 is 17.7. The van der Waals surface area contributed by atoms with Crippen LogP contribution >= 0.6 is 46.9 Å².